The van der Waals surface area contributed by atoms with Gasteiger partial charge in [-0.2, -0.15) is 5.26 Å². The van der Waals surface area contributed by atoms with Crippen LogP contribution >= 0.6 is 15.9 Å². The summed E-state index contributed by atoms with van der Waals surface area (Å²) >= 11 is 3.44. The summed E-state index contributed by atoms with van der Waals surface area (Å²) in [6.07, 6.45) is 10.4. The average Bonchev–Trinajstić information content (AvgIpc) is 2.55. The van der Waals surface area contributed by atoms with Gasteiger partial charge in [0.1, 0.15) is 0 Å². The van der Waals surface area contributed by atoms with Gasteiger partial charge in [0.15, 0.2) is 0 Å². The van der Waals surface area contributed by atoms with Crippen LogP contribution in [0.25, 0.3) is 16.6 Å². The lowest BCUT2D eigenvalue weighted by Crippen LogP contribution is -2.25. The summed E-state index contributed by atoms with van der Waals surface area (Å²) in [5, 5.41) is 8.52. The van der Waals surface area contributed by atoms with E-state index >= 15 is 0 Å². The fraction of sp³-hybridized carbons (Fsp3) is 0.222. The predicted molar refractivity (Wildman–Crippen MR) is 99.2 cm³/mol. The normalized spacial score (nSPS) is 21.2. The van der Waals surface area contributed by atoms with E-state index in [1.807, 2.05) is 30.3 Å². The molecule has 0 unspecified atom stereocenters. The summed E-state index contributed by atoms with van der Waals surface area (Å²) < 4.78 is 0.958. The Morgan fingerprint density at radius 1 is 1.38 bits per heavy atom. The van der Waals surface area contributed by atoms with E-state index in [1.54, 1.807) is 18.5 Å². The van der Waals surface area contributed by atoms with Gasteiger partial charge in [-0.15, -0.1) is 0 Å². The molecule has 0 atom stereocenters. The zero-order chi connectivity index (χ0) is 16.9. The summed E-state index contributed by atoms with van der Waals surface area (Å²) in [6, 6.07) is 8.07. The van der Waals surface area contributed by atoms with Crippen LogP contribution in [0.2, 0.25) is 0 Å². The molecule has 3 rings (SSSR count). The van der Waals surface area contributed by atoms with Gasteiger partial charge < -0.3 is 5.73 Å². The minimum Gasteiger partial charge on any atom is -0.404 e. The maximum Gasteiger partial charge on any atom is 0.0922 e. The van der Waals surface area contributed by atoms with E-state index in [0.717, 1.165) is 33.9 Å². The first-order valence-corrected chi connectivity index (χ1v) is 8.43. The molecule has 1 aliphatic carbocycles. The standard InChI is InChI=1S/C18H16BrN5/c19-14-3-4-16-17(8-14)24-18(11-23-16)13(9-21)10-22-15-6-12(7-15)2-1-5-20/h1-4,8-12,15H,6-7,21H2/b2-1+,13-9?,22-10?. The highest BCUT2D eigenvalue weighted by Crippen LogP contribution is 2.31. The fourth-order valence-electron chi connectivity index (χ4n) is 2.59. The van der Waals surface area contributed by atoms with Gasteiger partial charge in [-0.25, -0.2) is 4.98 Å². The molecule has 0 spiro atoms. The van der Waals surface area contributed by atoms with Crippen molar-refractivity contribution < 1.29 is 0 Å². The molecule has 1 saturated carbocycles. The molecule has 120 valence electrons. The number of benzene rings is 1. The van der Waals surface area contributed by atoms with Crippen LogP contribution in [-0.2, 0) is 0 Å². The Labute approximate surface area is 148 Å². The van der Waals surface area contributed by atoms with E-state index in [0.29, 0.717) is 11.6 Å². The number of allylic oxidation sites excluding steroid dienone is 3. The number of nitriles is 1. The van der Waals surface area contributed by atoms with Crippen molar-refractivity contribution in [2.75, 3.05) is 0 Å². The first kappa shape index (κ1) is 16.3. The highest BCUT2D eigenvalue weighted by atomic mass is 79.9. The number of nitrogens with two attached hydrogens (primary N) is 1. The third-order valence-corrected chi connectivity index (χ3v) is 4.49. The number of aliphatic imine (C=N–C) groups is 1. The molecule has 1 fully saturated rings. The van der Waals surface area contributed by atoms with Crippen LogP contribution in [0.3, 0.4) is 0 Å². The van der Waals surface area contributed by atoms with Crippen molar-refractivity contribution in [3.8, 4) is 6.07 Å². The minimum absolute atomic E-state index is 0.274. The molecule has 1 aliphatic rings. The molecule has 2 N–H and O–H groups in total. The van der Waals surface area contributed by atoms with Crippen molar-refractivity contribution in [2.24, 2.45) is 16.6 Å². The lowest BCUT2D eigenvalue weighted by atomic mass is 9.80. The number of hydrogen-bond acceptors (Lipinski definition) is 5. The van der Waals surface area contributed by atoms with E-state index in [9.17, 15) is 0 Å². The number of fused-ring (bicyclic) bond motifs is 1. The Morgan fingerprint density at radius 3 is 2.96 bits per heavy atom. The lowest BCUT2D eigenvalue weighted by Gasteiger charge is -2.29. The monoisotopic (exact) mass is 381 g/mol. The minimum atomic E-state index is 0.274. The molecule has 0 saturated heterocycles. The first-order valence-electron chi connectivity index (χ1n) is 7.63. The largest absolute Gasteiger partial charge is 0.404 e. The Morgan fingerprint density at radius 2 is 2.21 bits per heavy atom. The second kappa shape index (κ2) is 7.37. The molecule has 0 amide bonds. The molecule has 0 bridgehead atoms. The van der Waals surface area contributed by atoms with Gasteiger partial charge in [-0.05, 0) is 37.0 Å². The third-order valence-electron chi connectivity index (χ3n) is 4.00. The van der Waals surface area contributed by atoms with E-state index in [-0.39, 0.29) is 6.04 Å². The molecule has 5 nitrogen and oxygen atoms in total. The van der Waals surface area contributed by atoms with Gasteiger partial charge in [-0.1, -0.05) is 22.0 Å². The Balaban J connectivity index is 1.72. The van der Waals surface area contributed by atoms with Crippen LogP contribution in [0.15, 0.2) is 52.2 Å². The molecular weight excluding hydrogens is 366 g/mol. The number of nitrogens with zero attached hydrogens (tertiary/aromatic N) is 4. The second-order valence-corrected chi connectivity index (χ2v) is 6.58. The van der Waals surface area contributed by atoms with Gasteiger partial charge in [0, 0.05) is 28.5 Å². The van der Waals surface area contributed by atoms with E-state index in [2.05, 4.69) is 30.9 Å². The smallest absolute Gasteiger partial charge is 0.0922 e. The summed E-state index contributed by atoms with van der Waals surface area (Å²) in [6.45, 7) is 0. The zero-order valence-electron chi connectivity index (χ0n) is 12.9. The van der Waals surface area contributed by atoms with Crippen molar-refractivity contribution in [3.63, 3.8) is 0 Å². The van der Waals surface area contributed by atoms with Gasteiger partial charge in [-0.3, -0.25) is 9.98 Å². The van der Waals surface area contributed by atoms with Gasteiger partial charge in [0.05, 0.1) is 35.0 Å². The van der Waals surface area contributed by atoms with Gasteiger partial charge in [0.25, 0.3) is 0 Å². The highest BCUT2D eigenvalue weighted by molar-refractivity contribution is 9.10. The van der Waals surface area contributed by atoms with E-state index in [1.165, 1.54) is 6.20 Å². The summed E-state index contributed by atoms with van der Waals surface area (Å²) in [7, 11) is 0. The van der Waals surface area contributed by atoms with Crippen molar-refractivity contribution in [1.29, 1.82) is 5.26 Å². The number of halogens is 1. The first-order chi connectivity index (χ1) is 11.7. The Bertz CT molecular complexity index is 873. The quantitative estimate of drug-likeness (QED) is 0.646. The molecule has 0 radical (unpaired) electrons. The zero-order valence-corrected chi connectivity index (χ0v) is 14.5. The molecule has 6 heteroatoms. The molecule has 1 aromatic heterocycles. The van der Waals surface area contributed by atoms with Crippen LogP contribution in [-0.4, -0.2) is 22.2 Å². The number of aromatic nitrogens is 2. The van der Waals surface area contributed by atoms with Crippen molar-refractivity contribution >= 4 is 38.8 Å². The maximum absolute atomic E-state index is 8.52. The van der Waals surface area contributed by atoms with Crippen LogP contribution in [0.1, 0.15) is 18.5 Å². The molecular formula is C18H16BrN5. The summed E-state index contributed by atoms with van der Waals surface area (Å²) in [5.74, 6) is 0.454. The van der Waals surface area contributed by atoms with Crippen LogP contribution in [0, 0.1) is 17.2 Å². The fourth-order valence-corrected chi connectivity index (χ4v) is 2.94. The van der Waals surface area contributed by atoms with Crippen molar-refractivity contribution in [1.82, 2.24) is 9.97 Å². The molecule has 24 heavy (non-hydrogen) atoms. The average molecular weight is 382 g/mol. The van der Waals surface area contributed by atoms with E-state index in [4.69, 9.17) is 11.0 Å². The van der Waals surface area contributed by atoms with Gasteiger partial charge >= 0.3 is 0 Å². The van der Waals surface area contributed by atoms with Crippen molar-refractivity contribution in [3.05, 3.63) is 52.9 Å². The summed E-state index contributed by atoms with van der Waals surface area (Å²) in [4.78, 5) is 13.6. The predicted octanol–water partition coefficient (Wildman–Crippen LogP) is 3.62. The Kier molecular flexibility index (Phi) is 5.02. The Hall–Kier alpha value is -2.52. The van der Waals surface area contributed by atoms with Gasteiger partial charge in [0.2, 0.25) is 0 Å². The van der Waals surface area contributed by atoms with E-state index < -0.39 is 0 Å². The maximum atomic E-state index is 8.52. The highest BCUT2D eigenvalue weighted by Gasteiger charge is 2.26. The van der Waals surface area contributed by atoms with Crippen LogP contribution in [0.4, 0.5) is 0 Å². The molecule has 2 aromatic rings. The van der Waals surface area contributed by atoms with Crippen LogP contribution < -0.4 is 5.73 Å². The second-order valence-electron chi connectivity index (χ2n) is 5.66. The number of rotatable bonds is 4. The molecule has 0 aliphatic heterocycles. The van der Waals surface area contributed by atoms with Crippen molar-refractivity contribution in [2.45, 2.75) is 18.9 Å². The molecule has 1 aromatic carbocycles. The number of hydrogen-bond donors (Lipinski definition) is 1. The van der Waals surface area contributed by atoms with Crippen LogP contribution in [0.5, 0.6) is 0 Å². The molecule has 1 heterocycles. The summed E-state index contributed by atoms with van der Waals surface area (Å²) in [5.41, 5.74) is 8.83. The topological polar surface area (TPSA) is 88.0 Å². The third kappa shape index (κ3) is 3.69. The lowest BCUT2D eigenvalue weighted by molar-refractivity contribution is 0.327. The SMILES string of the molecule is N#C/C=C/C1CC(N=CC(=CN)c2cnc3ccc(Br)cc3n2)C1.